The van der Waals surface area contributed by atoms with Crippen LogP contribution in [0.1, 0.15) is 31.2 Å². The number of ether oxygens (including phenoxy) is 1. The summed E-state index contributed by atoms with van der Waals surface area (Å²) in [5, 5.41) is 0. The molecule has 1 aromatic carbocycles. The summed E-state index contributed by atoms with van der Waals surface area (Å²) >= 11 is 0. The fraction of sp³-hybridized carbons (Fsp3) is 0.611. The molecular weight excluding hydrogens is 312 g/mol. The van der Waals surface area contributed by atoms with Crippen LogP contribution in [0.4, 0.5) is 0 Å². The first-order chi connectivity index (χ1) is 10.8. The van der Waals surface area contributed by atoms with Gasteiger partial charge in [-0.05, 0) is 43.6 Å². The summed E-state index contributed by atoms with van der Waals surface area (Å²) in [6, 6.07) is 10.6. The van der Waals surface area contributed by atoms with E-state index in [4.69, 9.17) is 10.5 Å². The van der Waals surface area contributed by atoms with Crippen molar-refractivity contribution in [3.8, 4) is 0 Å². The largest absolute Gasteiger partial charge is 0.364 e. The average Bonchev–Trinajstić information content (AvgIpc) is 3.04. The Balaban J connectivity index is 0.00000192. The van der Waals surface area contributed by atoms with Crippen LogP contribution in [0.25, 0.3) is 0 Å². The number of hydrogen-bond donors (Lipinski definition) is 1. The van der Waals surface area contributed by atoms with Crippen LogP contribution in [-0.2, 0) is 16.0 Å². The predicted molar refractivity (Wildman–Crippen MR) is 93.6 cm³/mol. The fourth-order valence-electron chi connectivity index (χ4n) is 3.64. The van der Waals surface area contributed by atoms with Crippen LogP contribution in [0.5, 0.6) is 0 Å². The molecule has 0 aromatic heterocycles. The molecule has 2 saturated heterocycles. The van der Waals surface area contributed by atoms with E-state index in [-0.39, 0.29) is 30.5 Å². The van der Waals surface area contributed by atoms with E-state index < -0.39 is 0 Å². The Labute approximate surface area is 144 Å². The second-order valence-corrected chi connectivity index (χ2v) is 6.54. The lowest BCUT2D eigenvalue weighted by Crippen LogP contribution is -2.45. The second kappa shape index (κ2) is 8.67. The summed E-state index contributed by atoms with van der Waals surface area (Å²) in [7, 11) is 0. The van der Waals surface area contributed by atoms with Gasteiger partial charge in [0, 0.05) is 19.6 Å². The summed E-state index contributed by atoms with van der Waals surface area (Å²) in [6.07, 6.45) is 4.89. The van der Waals surface area contributed by atoms with E-state index in [2.05, 4.69) is 24.3 Å². The van der Waals surface area contributed by atoms with Crippen molar-refractivity contribution in [3.05, 3.63) is 35.9 Å². The summed E-state index contributed by atoms with van der Waals surface area (Å²) in [5.41, 5.74) is 7.00. The molecule has 4 nitrogen and oxygen atoms in total. The lowest BCUT2D eigenvalue weighted by atomic mass is 9.91. The normalized spacial score (nSPS) is 27.5. The molecule has 1 unspecified atom stereocenters. The minimum Gasteiger partial charge on any atom is -0.364 e. The van der Waals surface area contributed by atoms with Crippen LogP contribution in [0.2, 0.25) is 0 Å². The first-order valence-electron chi connectivity index (χ1n) is 8.44. The minimum absolute atomic E-state index is 0. The maximum Gasteiger partial charge on any atom is 0.251 e. The predicted octanol–water partition coefficient (Wildman–Crippen LogP) is 2.40. The van der Waals surface area contributed by atoms with Crippen molar-refractivity contribution >= 4 is 18.3 Å². The smallest absolute Gasteiger partial charge is 0.251 e. The molecule has 2 aliphatic rings. The lowest BCUT2D eigenvalue weighted by Gasteiger charge is -2.34. The van der Waals surface area contributed by atoms with Gasteiger partial charge in [-0.3, -0.25) is 4.79 Å². The molecule has 1 aromatic rings. The molecule has 2 aliphatic heterocycles. The van der Waals surface area contributed by atoms with Gasteiger partial charge in [0.1, 0.15) is 6.10 Å². The Kier molecular flexibility index (Phi) is 6.88. The molecule has 3 rings (SSSR count). The van der Waals surface area contributed by atoms with E-state index in [0.717, 1.165) is 38.8 Å². The number of hydrogen-bond acceptors (Lipinski definition) is 3. The molecule has 23 heavy (non-hydrogen) atoms. The molecule has 3 atom stereocenters. The molecule has 128 valence electrons. The number of piperidine rings is 1. The van der Waals surface area contributed by atoms with Crippen LogP contribution < -0.4 is 5.73 Å². The van der Waals surface area contributed by atoms with Gasteiger partial charge in [-0.15, -0.1) is 12.4 Å². The Morgan fingerprint density at radius 1 is 1.22 bits per heavy atom. The summed E-state index contributed by atoms with van der Waals surface area (Å²) in [4.78, 5) is 14.6. The Morgan fingerprint density at radius 3 is 2.70 bits per heavy atom. The summed E-state index contributed by atoms with van der Waals surface area (Å²) in [6.45, 7) is 2.25. The standard InChI is InChI=1S/C18H26N2O2.ClH/c19-12-16-8-9-17(22-16)18(21)20-10-4-7-15(13-20)11-14-5-2-1-3-6-14;/h1-3,5-6,15-17H,4,7-13,19H2;1H/t15?,16-,17+;/m1./s1. The minimum atomic E-state index is -0.260. The third-order valence-corrected chi connectivity index (χ3v) is 4.84. The summed E-state index contributed by atoms with van der Waals surface area (Å²) in [5.74, 6) is 0.737. The third kappa shape index (κ3) is 4.69. The van der Waals surface area contributed by atoms with Gasteiger partial charge in [0.05, 0.1) is 6.10 Å². The highest BCUT2D eigenvalue weighted by molar-refractivity contribution is 5.85. The Morgan fingerprint density at radius 2 is 2.00 bits per heavy atom. The van der Waals surface area contributed by atoms with Crippen molar-refractivity contribution < 1.29 is 9.53 Å². The van der Waals surface area contributed by atoms with Crippen molar-refractivity contribution in [1.29, 1.82) is 0 Å². The number of carbonyl (C=O) groups excluding carboxylic acids is 1. The number of likely N-dealkylation sites (tertiary alicyclic amines) is 1. The van der Waals surface area contributed by atoms with Gasteiger partial charge in [-0.1, -0.05) is 30.3 Å². The molecule has 0 saturated carbocycles. The van der Waals surface area contributed by atoms with E-state index in [0.29, 0.717) is 12.5 Å². The lowest BCUT2D eigenvalue weighted by molar-refractivity contribution is -0.144. The molecular formula is C18H27ClN2O2. The molecule has 5 heteroatoms. The number of benzene rings is 1. The molecule has 0 radical (unpaired) electrons. The Bertz CT molecular complexity index is 497. The number of carbonyl (C=O) groups is 1. The highest BCUT2D eigenvalue weighted by Crippen LogP contribution is 2.25. The Hall–Kier alpha value is -1.10. The monoisotopic (exact) mass is 338 g/mol. The first kappa shape index (κ1) is 18.2. The maximum absolute atomic E-state index is 12.6. The van der Waals surface area contributed by atoms with Gasteiger partial charge in [0.2, 0.25) is 0 Å². The van der Waals surface area contributed by atoms with Crippen LogP contribution in [0.15, 0.2) is 30.3 Å². The number of amides is 1. The van der Waals surface area contributed by atoms with Crippen molar-refractivity contribution in [2.24, 2.45) is 11.7 Å². The quantitative estimate of drug-likeness (QED) is 0.917. The van der Waals surface area contributed by atoms with Crippen molar-refractivity contribution in [2.45, 2.75) is 44.3 Å². The maximum atomic E-state index is 12.6. The van der Waals surface area contributed by atoms with Crippen LogP contribution in [0.3, 0.4) is 0 Å². The molecule has 2 fully saturated rings. The van der Waals surface area contributed by atoms with Gasteiger partial charge in [-0.25, -0.2) is 0 Å². The topological polar surface area (TPSA) is 55.6 Å². The van der Waals surface area contributed by atoms with E-state index in [1.807, 2.05) is 11.0 Å². The van der Waals surface area contributed by atoms with Crippen molar-refractivity contribution in [2.75, 3.05) is 19.6 Å². The molecule has 2 N–H and O–H groups in total. The van der Waals surface area contributed by atoms with Crippen LogP contribution in [-0.4, -0.2) is 42.6 Å². The zero-order valence-corrected chi connectivity index (χ0v) is 14.3. The van der Waals surface area contributed by atoms with E-state index in [1.54, 1.807) is 0 Å². The fourth-order valence-corrected chi connectivity index (χ4v) is 3.64. The van der Waals surface area contributed by atoms with E-state index in [9.17, 15) is 4.79 Å². The molecule has 0 spiro atoms. The van der Waals surface area contributed by atoms with Crippen molar-refractivity contribution in [3.63, 3.8) is 0 Å². The molecule has 2 heterocycles. The highest BCUT2D eigenvalue weighted by Gasteiger charge is 2.34. The van der Waals surface area contributed by atoms with Crippen LogP contribution >= 0.6 is 12.4 Å². The van der Waals surface area contributed by atoms with Gasteiger partial charge in [0.25, 0.3) is 5.91 Å². The summed E-state index contributed by atoms with van der Waals surface area (Å²) < 4.78 is 5.76. The number of halogens is 1. The second-order valence-electron chi connectivity index (χ2n) is 6.54. The van der Waals surface area contributed by atoms with E-state index in [1.165, 1.54) is 12.0 Å². The van der Waals surface area contributed by atoms with Gasteiger partial charge < -0.3 is 15.4 Å². The number of rotatable bonds is 4. The zero-order chi connectivity index (χ0) is 15.4. The zero-order valence-electron chi connectivity index (χ0n) is 13.5. The third-order valence-electron chi connectivity index (χ3n) is 4.84. The van der Waals surface area contributed by atoms with Crippen LogP contribution in [0, 0.1) is 5.92 Å². The SMILES string of the molecule is Cl.NC[C@H]1CC[C@@H](C(=O)N2CCCC(Cc3ccccc3)C2)O1. The van der Waals surface area contributed by atoms with E-state index >= 15 is 0 Å². The first-order valence-corrected chi connectivity index (χ1v) is 8.44. The van der Waals surface area contributed by atoms with Gasteiger partial charge >= 0.3 is 0 Å². The molecule has 1 amide bonds. The average molecular weight is 339 g/mol. The highest BCUT2D eigenvalue weighted by atomic mass is 35.5. The number of nitrogens with zero attached hydrogens (tertiary/aromatic N) is 1. The van der Waals surface area contributed by atoms with Gasteiger partial charge in [0.15, 0.2) is 0 Å². The van der Waals surface area contributed by atoms with Gasteiger partial charge in [-0.2, -0.15) is 0 Å². The molecule has 0 bridgehead atoms. The van der Waals surface area contributed by atoms with Crippen molar-refractivity contribution in [1.82, 2.24) is 4.90 Å². The molecule has 0 aliphatic carbocycles. The number of nitrogens with two attached hydrogens (primary N) is 1.